The van der Waals surface area contributed by atoms with Gasteiger partial charge in [0, 0.05) is 5.56 Å². The van der Waals surface area contributed by atoms with E-state index in [0.29, 0.717) is 0 Å². The molecule has 0 aliphatic heterocycles. The first-order chi connectivity index (χ1) is 8.49. The van der Waals surface area contributed by atoms with E-state index in [1.165, 1.54) is 24.8 Å². The molecule has 2 N–H and O–H groups in total. The molecule has 0 aliphatic carbocycles. The van der Waals surface area contributed by atoms with Crippen molar-refractivity contribution >= 4 is 0 Å². The van der Waals surface area contributed by atoms with Crippen LogP contribution in [0, 0.1) is 6.92 Å². The van der Waals surface area contributed by atoms with Gasteiger partial charge in [-0.1, -0.05) is 46.1 Å². The first-order valence-electron chi connectivity index (χ1n) is 7.03. The molecule has 2 nitrogen and oxygen atoms in total. The summed E-state index contributed by atoms with van der Waals surface area (Å²) in [5, 5.41) is 19.9. The molecule has 0 aromatic heterocycles. The van der Waals surface area contributed by atoms with E-state index in [1.54, 1.807) is 0 Å². The van der Waals surface area contributed by atoms with Crippen LogP contribution in [0.25, 0.3) is 0 Å². The van der Waals surface area contributed by atoms with Crippen LogP contribution >= 0.6 is 0 Å². The van der Waals surface area contributed by atoms with Crippen molar-refractivity contribution in [2.45, 2.75) is 65.7 Å². The molecule has 1 aromatic rings. The Labute approximate surface area is 111 Å². The van der Waals surface area contributed by atoms with Crippen molar-refractivity contribution in [3.05, 3.63) is 22.8 Å². The van der Waals surface area contributed by atoms with E-state index in [0.717, 1.165) is 24.0 Å². The lowest BCUT2D eigenvalue weighted by molar-refractivity contribution is 0.394. The van der Waals surface area contributed by atoms with Crippen LogP contribution in [0.3, 0.4) is 0 Å². The van der Waals surface area contributed by atoms with Gasteiger partial charge in [-0.3, -0.25) is 0 Å². The molecule has 0 spiro atoms. The molecule has 102 valence electrons. The van der Waals surface area contributed by atoms with Crippen molar-refractivity contribution in [2.24, 2.45) is 0 Å². The predicted molar refractivity (Wildman–Crippen MR) is 76.4 cm³/mol. The second-order valence-corrected chi connectivity index (χ2v) is 5.43. The molecule has 0 radical (unpaired) electrons. The number of phenols is 2. The lowest BCUT2D eigenvalue weighted by Gasteiger charge is -2.17. The lowest BCUT2D eigenvalue weighted by Crippen LogP contribution is -1.99. The van der Waals surface area contributed by atoms with Crippen LogP contribution in [-0.4, -0.2) is 10.2 Å². The van der Waals surface area contributed by atoms with E-state index in [4.69, 9.17) is 0 Å². The van der Waals surface area contributed by atoms with E-state index in [-0.39, 0.29) is 17.4 Å². The second-order valence-electron chi connectivity index (χ2n) is 5.43. The minimum Gasteiger partial charge on any atom is -0.504 e. The fraction of sp³-hybridized carbons (Fsp3) is 0.625. The molecule has 0 atom stereocenters. The normalized spacial score (nSPS) is 11.2. The molecule has 0 aliphatic rings. The summed E-state index contributed by atoms with van der Waals surface area (Å²) in [6.07, 6.45) is 5.87. The number of phenolic OH excluding ortho intramolecular Hbond substituents is 2. The minimum atomic E-state index is 0.0380. The Hall–Kier alpha value is -1.18. The maximum absolute atomic E-state index is 10.1. The molecule has 0 saturated heterocycles. The zero-order valence-corrected chi connectivity index (χ0v) is 12.1. The van der Waals surface area contributed by atoms with Gasteiger partial charge in [-0.05, 0) is 36.8 Å². The van der Waals surface area contributed by atoms with Gasteiger partial charge in [0.1, 0.15) is 0 Å². The van der Waals surface area contributed by atoms with E-state index < -0.39 is 0 Å². The summed E-state index contributed by atoms with van der Waals surface area (Å²) in [5.41, 5.74) is 2.87. The standard InChI is InChI=1S/C16H26O2/c1-5-6-7-8-9-13-10-12(4)15(17)16(18)14(13)11(2)3/h10-11,17-18H,5-9H2,1-4H3. The van der Waals surface area contributed by atoms with Gasteiger partial charge in [-0.25, -0.2) is 0 Å². The molecule has 1 aromatic carbocycles. The van der Waals surface area contributed by atoms with Gasteiger partial charge in [0.2, 0.25) is 0 Å². The zero-order chi connectivity index (χ0) is 13.7. The van der Waals surface area contributed by atoms with E-state index in [1.807, 2.05) is 13.0 Å². The molecular weight excluding hydrogens is 224 g/mol. The Morgan fingerprint density at radius 2 is 1.72 bits per heavy atom. The van der Waals surface area contributed by atoms with Crippen molar-refractivity contribution < 1.29 is 10.2 Å². The fourth-order valence-electron chi connectivity index (χ4n) is 2.47. The van der Waals surface area contributed by atoms with Gasteiger partial charge in [0.05, 0.1) is 0 Å². The highest BCUT2D eigenvalue weighted by Gasteiger charge is 2.17. The van der Waals surface area contributed by atoms with Crippen LogP contribution in [-0.2, 0) is 6.42 Å². The SMILES string of the molecule is CCCCCCc1cc(C)c(O)c(O)c1C(C)C. The number of aromatic hydroxyl groups is 2. The molecule has 0 unspecified atom stereocenters. The van der Waals surface area contributed by atoms with E-state index >= 15 is 0 Å². The smallest absolute Gasteiger partial charge is 0.161 e. The fourth-order valence-corrected chi connectivity index (χ4v) is 2.47. The summed E-state index contributed by atoms with van der Waals surface area (Å²) >= 11 is 0. The number of rotatable bonds is 6. The van der Waals surface area contributed by atoms with Crippen LogP contribution in [0.2, 0.25) is 0 Å². The van der Waals surface area contributed by atoms with Crippen molar-refractivity contribution in [2.75, 3.05) is 0 Å². The van der Waals surface area contributed by atoms with E-state index in [2.05, 4.69) is 20.8 Å². The summed E-state index contributed by atoms with van der Waals surface area (Å²) in [6, 6.07) is 2.02. The highest BCUT2D eigenvalue weighted by molar-refractivity contribution is 5.54. The molecule has 18 heavy (non-hydrogen) atoms. The van der Waals surface area contributed by atoms with Crippen LogP contribution < -0.4 is 0 Å². The average molecular weight is 250 g/mol. The zero-order valence-electron chi connectivity index (χ0n) is 12.1. The molecule has 0 heterocycles. The first kappa shape index (κ1) is 14.9. The molecule has 0 bridgehead atoms. The molecule has 2 heteroatoms. The molecule has 0 saturated carbocycles. The Bertz CT molecular complexity index is 395. The van der Waals surface area contributed by atoms with Gasteiger partial charge in [-0.15, -0.1) is 0 Å². The molecule has 0 amide bonds. The maximum atomic E-state index is 10.1. The quantitative estimate of drug-likeness (QED) is 0.570. The third-order valence-corrected chi connectivity index (χ3v) is 3.47. The summed E-state index contributed by atoms with van der Waals surface area (Å²) < 4.78 is 0. The average Bonchev–Trinajstić information content (AvgIpc) is 2.31. The Morgan fingerprint density at radius 3 is 2.28 bits per heavy atom. The van der Waals surface area contributed by atoms with Gasteiger partial charge in [0.25, 0.3) is 0 Å². The van der Waals surface area contributed by atoms with Gasteiger partial charge in [0.15, 0.2) is 11.5 Å². The third kappa shape index (κ3) is 3.41. The first-order valence-corrected chi connectivity index (χ1v) is 7.03. The van der Waals surface area contributed by atoms with Gasteiger partial charge >= 0.3 is 0 Å². The molecular formula is C16H26O2. The number of aryl methyl sites for hydroxylation is 2. The highest BCUT2D eigenvalue weighted by atomic mass is 16.3. The number of unbranched alkanes of at least 4 members (excludes halogenated alkanes) is 3. The summed E-state index contributed by atoms with van der Waals surface area (Å²) in [6.45, 7) is 8.16. The van der Waals surface area contributed by atoms with E-state index in [9.17, 15) is 10.2 Å². The third-order valence-electron chi connectivity index (χ3n) is 3.47. The van der Waals surface area contributed by atoms with Crippen LogP contribution in [0.4, 0.5) is 0 Å². The second kappa shape index (κ2) is 6.67. The summed E-state index contributed by atoms with van der Waals surface area (Å²) in [4.78, 5) is 0. The summed E-state index contributed by atoms with van der Waals surface area (Å²) in [5.74, 6) is 0.351. The predicted octanol–water partition coefficient (Wildman–Crippen LogP) is 4.65. The van der Waals surface area contributed by atoms with Crippen molar-refractivity contribution in [3.8, 4) is 11.5 Å². The number of hydrogen-bond donors (Lipinski definition) is 2. The Kier molecular flexibility index (Phi) is 5.52. The number of benzene rings is 1. The molecule has 1 rings (SSSR count). The molecule has 0 fully saturated rings. The van der Waals surface area contributed by atoms with Crippen LogP contribution in [0.15, 0.2) is 6.07 Å². The minimum absolute atomic E-state index is 0.0380. The number of hydrogen-bond acceptors (Lipinski definition) is 2. The topological polar surface area (TPSA) is 40.5 Å². The van der Waals surface area contributed by atoms with Crippen LogP contribution in [0.5, 0.6) is 11.5 Å². The highest BCUT2D eigenvalue weighted by Crippen LogP contribution is 2.39. The largest absolute Gasteiger partial charge is 0.504 e. The summed E-state index contributed by atoms with van der Waals surface area (Å²) in [7, 11) is 0. The van der Waals surface area contributed by atoms with Gasteiger partial charge in [-0.2, -0.15) is 0 Å². The van der Waals surface area contributed by atoms with Crippen molar-refractivity contribution in [1.29, 1.82) is 0 Å². The lowest BCUT2D eigenvalue weighted by atomic mass is 9.90. The van der Waals surface area contributed by atoms with Gasteiger partial charge < -0.3 is 10.2 Å². The Morgan fingerprint density at radius 1 is 1.06 bits per heavy atom. The van der Waals surface area contributed by atoms with Crippen LogP contribution in [0.1, 0.15) is 69.1 Å². The maximum Gasteiger partial charge on any atom is 0.161 e. The Balaban J connectivity index is 2.95. The van der Waals surface area contributed by atoms with Crippen molar-refractivity contribution in [3.63, 3.8) is 0 Å². The van der Waals surface area contributed by atoms with Crippen molar-refractivity contribution in [1.82, 2.24) is 0 Å². The monoisotopic (exact) mass is 250 g/mol.